The number of amidine groups is 1. The molecule has 20 heavy (non-hydrogen) atoms. The quantitative estimate of drug-likeness (QED) is 0.330. The molecule has 110 valence electrons. The van der Waals surface area contributed by atoms with Crippen molar-refractivity contribution in [2.75, 3.05) is 7.11 Å². The number of methoxy groups -OCH3 is 1. The van der Waals surface area contributed by atoms with Gasteiger partial charge in [-0.25, -0.2) is 4.39 Å². The van der Waals surface area contributed by atoms with Crippen molar-refractivity contribution >= 4 is 11.7 Å². The summed E-state index contributed by atoms with van der Waals surface area (Å²) in [4.78, 5) is 12.1. The molecule has 1 amide bonds. The zero-order valence-corrected chi connectivity index (χ0v) is 11.6. The Labute approximate surface area is 116 Å². The summed E-state index contributed by atoms with van der Waals surface area (Å²) >= 11 is 0. The molecule has 0 fully saturated rings. The van der Waals surface area contributed by atoms with E-state index < -0.39 is 17.3 Å². The normalized spacial score (nSPS) is 14.5. The van der Waals surface area contributed by atoms with Crippen molar-refractivity contribution in [1.29, 1.82) is 0 Å². The Kier molecular flexibility index (Phi) is 4.90. The summed E-state index contributed by atoms with van der Waals surface area (Å²) < 4.78 is 18.1. The van der Waals surface area contributed by atoms with E-state index in [-0.39, 0.29) is 17.1 Å². The van der Waals surface area contributed by atoms with Crippen molar-refractivity contribution in [3.8, 4) is 5.75 Å². The molecule has 0 heterocycles. The second kappa shape index (κ2) is 6.23. The number of benzene rings is 1. The largest absolute Gasteiger partial charge is 0.494 e. The highest BCUT2D eigenvalue weighted by atomic mass is 19.1. The predicted octanol–water partition coefficient (Wildman–Crippen LogP) is 1.48. The molecule has 0 aliphatic rings. The molecular formula is C13H18FN3O3. The van der Waals surface area contributed by atoms with Crippen molar-refractivity contribution in [3.63, 3.8) is 0 Å². The van der Waals surface area contributed by atoms with Gasteiger partial charge in [-0.2, -0.15) is 0 Å². The number of rotatable bonds is 5. The van der Waals surface area contributed by atoms with E-state index >= 15 is 0 Å². The lowest BCUT2D eigenvalue weighted by atomic mass is 9.97. The molecule has 1 rings (SSSR count). The van der Waals surface area contributed by atoms with Crippen molar-refractivity contribution in [1.82, 2.24) is 5.32 Å². The van der Waals surface area contributed by atoms with Gasteiger partial charge in [0.15, 0.2) is 17.4 Å². The van der Waals surface area contributed by atoms with Crippen LogP contribution in [0, 0.1) is 5.82 Å². The van der Waals surface area contributed by atoms with Crippen LogP contribution in [0.4, 0.5) is 4.39 Å². The number of nitrogens with zero attached hydrogens (tertiary/aromatic N) is 1. The first kappa shape index (κ1) is 15.7. The molecule has 0 aromatic heterocycles. The fraction of sp³-hybridized carbons (Fsp3) is 0.385. The van der Waals surface area contributed by atoms with Gasteiger partial charge in [-0.15, -0.1) is 0 Å². The van der Waals surface area contributed by atoms with Crippen LogP contribution in [-0.4, -0.2) is 29.6 Å². The van der Waals surface area contributed by atoms with E-state index in [0.717, 1.165) is 6.07 Å². The van der Waals surface area contributed by atoms with Crippen LogP contribution >= 0.6 is 0 Å². The van der Waals surface area contributed by atoms with Crippen molar-refractivity contribution in [2.45, 2.75) is 25.8 Å². The van der Waals surface area contributed by atoms with Crippen LogP contribution in [0.15, 0.2) is 23.4 Å². The number of ether oxygens (including phenoxy) is 1. The SMILES string of the molecule is CCC(C)(NC(=O)c1ccc(F)c(OC)c1)/C(N)=N/O. The third-order valence-electron chi connectivity index (χ3n) is 3.18. The zero-order valence-electron chi connectivity index (χ0n) is 11.6. The van der Waals surface area contributed by atoms with E-state index in [0.29, 0.717) is 6.42 Å². The third-order valence-corrected chi connectivity index (χ3v) is 3.18. The Morgan fingerprint density at radius 1 is 1.60 bits per heavy atom. The maximum absolute atomic E-state index is 13.3. The predicted molar refractivity (Wildman–Crippen MR) is 72.5 cm³/mol. The molecular weight excluding hydrogens is 265 g/mol. The van der Waals surface area contributed by atoms with Crippen LogP contribution in [-0.2, 0) is 0 Å². The Hall–Kier alpha value is -2.31. The van der Waals surface area contributed by atoms with Gasteiger partial charge in [0.05, 0.1) is 12.6 Å². The molecule has 0 saturated carbocycles. The highest BCUT2D eigenvalue weighted by molar-refractivity contribution is 6.00. The molecule has 0 spiro atoms. The number of carbonyl (C=O) groups is 1. The highest BCUT2D eigenvalue weighted by Gasteiger charge is 2.30. The van der Waals surface area contributed by atoms with Crippen molar-refractivity contribution in [3.05, 3.63) is 29.6 Å². The number of carbonyl (C=O) groups excluding carboxylic acids is 1. The average molecular weight is 283 g/mol. The Morgan fingerprint density at radius 3 is 2.75 bits per heavy atom. The summed E-state index contributed by atoms with van der Waals surface area (Å²) in [7, 11) is 1.31. The minimum absolute atomic E-state index is 0.0281. The number of halogens is 1. The maximum Gasteiger partial charge on any atom is 0.252 e. The summed E-state index contributed by atoms with van der Waals surface area (Å²) in [6.07, 6.45) is 0.424. The smallest absolute Gasteiger partial charge is 0.252 e. The second-order valence-electron chi connectivity index (χ2n) is 4.47. The Bertz CT molecular complexity index is 534. The summed E-state index contributed by atoms with van der Waals surface area (Å²) in [6, 6.07) is 3.75. The molecule has 0 aliphatic carbocycles. The van der Waals surface area contributed by atoms with E-state index in [4.69, 9.17) is 15.7 Å². The monoisotopic (exact) mass is 283 g/mol. The van der Waals surface area contributed by atoms with Gasteiger partial charge in [-0.05, 0) is 31.5 Å². The molecule has 1 aromatic carbocycles. The Balaban J connectivity index is 3.01. The van der Waals surface area contributed by atoms with E-state index in [9.17, 15) is 9.18 Å². The molecule has 1 unspecified atom stereocenters. The Morgan fingerprint density at radius 2 is 2.25 bits per heavy atom. The molecule has 4 N–H and O–H groups in total. The van der Waals surface area contributed by atoms with Crippen molar-refractivity contribution in [2.24, 2.45) is 10.9 Å². The van der Waals surface area contributed by atoms with Gasteiger partial charge in [-0.3, -0.25) is 4.79 Å². The molecule has 6 nitrogen and oxygen atoms in total. The fourth-order valence-electron chi connectivity index (χ4n) is 1.57. The van der Waals surface area contributed by atoms with E-state index in [2.05, 4.69) is 10.5 Å². The van der Waals surface area contributed by atoms with Gasteiger partial charge >= 0.3 is 0 Å². The van der Waals surface area contributed by atoms with Crippen molar-refractivity contribution < 1.29 is 19.1 Å². The van der Waals surface area contributed by atoms with Crippen LogP contribution in [0.25, 0.3) is 0 Å². The van der Waals surface area contributed by atoms with Crippen LogP contribution in [0.5, 0.6) is 5.75 Å². The number of amides is 1. The first-order chi connectivity index (χ1) is 9.37. The molecule has 0 aliphatic heterocycles. The number of hydrogen-bond acceptors (Lipinski definition) is 4. The van der Waals surface area contributed by atoms with Gasteiger partial charge in [0.2, 0.25) is 0 Å². The highest BCUT2D eigenvalue weighted by Crippen LogP contribution is 2.19. The minimum Gasteiger partial charge on any atom is -0.494 e. The van der Waals surface area contributed by atoms with Gasteiger partial charge in [0, 0.05) is 5.56 Å². The summed E-state index contributed by atoms with van der Waals surface area (Å²) in [5.74, 6) is -1.17. The van der Waals surface area contributed by atoms with Gasteiger partial charge in [0.25, 0.3) is 5.91 Å². The first-order valence-corrected chi connectivity index (χ1v) is 6.02. The second-order valence-corrected chi connectivity index (χ2v) is 4.47. The molecule has 7 heteroatoms. The zero-order chi connectivity index (χ0) is 15.3. The number of nitrogens with one attached hydrogen (secondary N) is 1. The van der Waals surface area contributed by atoms with E-state index in [1.54, 1.807) is 13.8 Å². The molecule has 0 bridgehead atoms. The average Bonchev–Trinajstić information content (AvgIpc) is 2.46. The van der Waals surface area contributed by atoms with Gasteiger partial charge < -0.3 is 21.0 Å². The minimum atomic E-state index is -0.993. The molecule has 0 radical (unpaired) electrons. The first-order valence-electron chi connectivity index (χ1n) is 6.02. The number of hydrogen-bond donors (Lipinski definition) is 3. The third kappa shape index (κ3) is 3.17. The number of nitrogens with two attached hydrogens (primary N) is 1. The summed E-state index contributed by atoms with van der Waals surface area (Å²) in [5.41, 5.74) is 4.79. The van der Waals surface area contributed by atoms with Crippen LogP contribution in [0.2, 0.25) is 0 Å². The lowest BCUT2D eigenvalue weighted by Crippen LogP contribution is -2.55. The summed E-state index contributed by atoms with van der Waals surface area (Å²) in [5, 5.41) is 14.3. The molecule has 0 saturated heterocycles. The maximum atomic E-state index is 13.3. The molecule has 1 aromatic rings. The van der Waals surface area contributed by atoms with Gasteiger partial charge in [-0.1, -0.05) is 12.1 Å². The lowest BCUT2D eigenvalue weighted by molar-refractivity contribution is 0.0924. The van der Waals surface area contributed by atoms with Gasteiger partial charge in [0.1, 0.15) is 0 Å². The number of oxime groups is 1. The van der Waals surface area contributed by atoms with E-state index in [1.807, 2.05) is 0 Å². The summed E-state index contributed by atoms with van der Waals surface area (Å²) in [6.45, 7) is 3.41. The standard InChI is InChI=1S/C13H18FN3O3/c1-4-13(2,12(15)17-19)16-11(18)8-5-6-9(14)10(7-8)20-3/h5-7,19H,4H2,1-3H3,(H2,15,17)(H,16,18). The van der Waals surface area contributed by atoms with E-state index in [1.165, 1.54) is 19.2 Å². The van der Waals surface area contributed by atoms with Crippen LogP contribution in [0.1, 0.15) is 30.6 Å². The van der Waals surface area contributed by atoms with Crippen LogP contribution < -0.4 is 15.8 Å². The lowest BCUT2D eigenvalue weighted by Gasteiger charge is -2.28. The van der Waals surface area contributed by atoms with Crippen LogP contribution in [0.3, 0.4) is 0 Å². The topological polar surface area (TPSA) is 96.9 Å². The molecule has 1 atom stereocenters. The fourth-order valence-corrected chi connectivity index (χ4v) is 1.57.